The number of hydrogen-bond acceptors (Lipinski definition) is 7. The van der Waals surface area contributed by atoms with E-state index >= 15 is 0 Å². The van der Waals surface area contributed by atoms with Crippen LogP contribution in [0.2, 0.25) is 0 Å². The van der Waals surface area contributed by atoms with Crippen molar-refractivity contribution in [1.82, 2.24) is 14.9 Å². The number of rotatable bonds is 12. The lowest BCUT2D eigenvalue weighted by atomic mass is 10.0. The maximum Gasteiger partial charge on any atom is 0.180 e. The van der Waals surface area contributed by atoms with Gasteiger partial charge in [-0.05, 0) is 43.7 Å². The van der Waals surface area contributed by atoms with Crippen LogP contribution in [-0.4, -0.2) is 53.9 Å². The van der Waals surface area contributed by atoms with E-state index in [-0.39, 0.29) is 0 Å². The maximum atomic E-state index is 6.11. The molecule has 2 aromatic rings. The smallest absolute Gasteiger partial charge is 0.180 e. The first kappa shape index (κ1) is 26.6. The summed E-state index contributed by atoms with van der Waals surface area (Å²) in [7, 11) is 1.74. The van der Waals surface area contributed by atoms with E-state index in [0.717, 1.165) is 72.3 Å². The highest BCUT2D eigenvalue weighted by Gasteiger charge is 2.16. The van der Waals surface area contributed by atoms with Crippen molar-refractivity contribution in [3.05, 3.63) is 64.2 Å². The standard InChI is InChI=1S/C28H35N5OS/c1-5-10-23(13-9-16-33(6-2)17-18-34-4)25-19-22(12-8-15-30-25)20-26-27(32-28(29)35-26)24-14-7-11-21(3)31-24/h7,9-11,13-14,19H,5-6,12,16-18,20H2,1-4H3,(H2,29,32)/b13-9-,23-10+. The van der Waals surface area contributed by atoms with Gasteiger partial charge in [-0.3, -0.25) is 9.88 Å². The lowest BCUT2D eigenvalue weighted by Gasteiger charge is -2.17. The molecule has 0 atom stereocenters. The van der Waals surface area contributed by atoms with Crippen LogP contribution in [-0.2, 0) is 11.2 Å². The van der Waals surface area contributed by atoms with E-state index < -0.39 is 0 Å². The van der Waals surface area contributed by atoms with Crippen molar-refractivity contribution >= 4 is 22.2 Å². The second kappa shape index (κ2) is 13.7. The van der Waals surface area contributed by atoms with Gasteiger partial charge in [0.1, 0.15) is 5.69 Å². The minimum atomic E-state index is 0.552. The van der Waals surface area contributed by atoms with E-state index in [9.17, 15) is 0 Å². The fourth-order valence-electron chi connectivity index (χ4n) is 3.77. The van der Waals surface area contributed by atoms with Gasteiger partial charge in [-0.2, -0.15) is 4.99 Å². The first-order valence-electron chi connectivity index (χ1n) is 12.1. The third kappa shape index (κ3) is 8.00. The van der Waals surface area contributed by atoms with Crippen LogP contribution in [0.1, 0.15) is 37.3 Å². The number of aromatic nitrogens is 2. The summed E-state index contributed by atoms with van der Waals surface area (Å²) in [6.07, 6.45) is 11.0. The van der Waals surface area contributed by atoms with Crippen molar-refractivity contribution in [2.75, 3.05) is 39.1 Å². The first-order valence-corrected chi connectivity index (χ1v) is 12.9. The van der Waals surface area contributed by atoms with Crippen LogP contribution < -0.4 is 5.73 Å². The van der Waals surface area contributed by atoms with Gasteiger partial charge in [-0.15, -0.1) is 11.3 Å². The molecular weight excluding hydrogens is 454 g/mol. The molecule has 0 spiro atoms. The van der Waals surface area contributed by atoms with E-state index in [4.69, 9.17) is 10.5 Å². The number of likely N-dealkylation sites (N-methyl/N-ethyl adjacent to an activating group) is 1. The van der Waals surface area contributed by atoms with E-state index in [0.29, 0.717) is 11.6 Å². The fourth-order valence-corrected chi connectivity index (χ4v) is 4.66. The zero-order valence-electron chi connectivity index (χ0n) is 21.2. The number of pyridine rings is 1. The number of aryl methyl sites for hydroxylation is 1. The number of nitrogens with zero attached hydrogens (tertiary/aromatic N) is 4. The average Bonchev–Trinajstić information content (AvgIpc) is 3.06. The van der Waals surface area contributed by atoms with Crippen molar-refractivity contribution in [2.45, 2.75) is 40.0 Å². The lowest BCUT2D eigenvalue weighted by Crippen LogP contribution is -2.27. The summed E-state index contributed by atoms with van der Waals surface area (Å²) >= 11 is 1.51. The number of methoxy groups -OCH3 is 1. The summed E-state index contributed by atoms with van der Waals surface area (Å²) in [5.74, 6) is 3.18. The Kier molecular flexibility index (Phi) is 10.4. The van der Waals surface area contributed by atoms with Crippen LogP contribution in [0.5, 0.6) is 0 Å². The van der Waals surface area contributed by atoms with Crippen LogP contribution in [0.25, 0.3) is 11.4 Å². The molecular formula is C28H35N5OS. The van der Waals surface area contributed by atoms with E-state index in [1.54, 1.807) is 7.11 Å². The van der Waals surface area contributed by atoms with E-state index in [1.807, 2.05) is 25.1 Å². The fraction of sp³-hybridized carbons (Fsp3) is 0.393. The predicted molar refractivity (Wildman–Crippen MR) is 148 cm³/mol. The molecule has 3 heterocycles. The topological polar surface area (TPSA) is 76.6 Å². The Bertz CT molecular complexity index is 1180. The van der Waals surface area contributed by atoms with E-state index in [1.165, 1.54) is 16.9 Å². The van der Waals surface area contributed by atoms with Gasteiger partial charge in [0, 0.05) is 49.7 Å². The van der Waals surface area contributed by atoms with Gasteiger partial charge in [-0.1, -0.05) is 49.6 Å². The van der Waals surface area contributed by atoms with Gasteiger partial charge in [0.05, 0.1) is 18.0 Å². The molecule has 1 aliphatic heterocycles. The highest BCUT2D eigenvalue weighted by molar-refractivity contribution is 7.15. The van der Waals surface area contributed by atoms with Crippen molar-refractivity contribution in [2.24, 2.45) is 4.99 Å². The van der Waals surface area contributed by atoms with Crippen LogP contribution >= 0.6 is 11.3 Å². The molecule has 2 N–H and O–H groups in total. The monoisotopic (exact) mass is 489 g/mol. The number of nitrogen functional groups attached to an aromatic ring is 1. The van der Waals surface area contributed by atoms with Crippen LogP contribution in [0.15, 0.2) is 58.6 Å². The minimum Gasteiger partial charge on any atom is -0.383 e. The molecule has 0 fully saturated rings. The summed E-state index contributed by atoms with van der Waals surface area (Å²) in [6.45, 7) is 9.78. The third-order valence-electron chi connectivity index (χ3n) is 5.58. The quantitative estimate of drug-likeness (QED) is 0.326. The summed E-state index contributed by atoms with van der Waals surface area (Å²) < 4.78 is 5.22. The average molecular weight is 490 g/mol. The Morgan fingerprint density at radius 3 is 2.89 bits per heavy atom. The Balaban J connectivity index is 1.82. The van der Waals surface area contributed by atoms with Gasteiger partial charge in [0.2, 0.25) is 0 Å². The van der Waals surface area contributed by atoms with Crippen LogP contribution in [0.4, 0.5) is 5.13 Å². The Labute approximate surface area is 213 Å². The van der Waals surface area contributed by atoms with E-state index in [2.05, 4.69) is 70.0 Å². The van der Waals surface area contributed by atoms with Gasteiger partial charge in [-0.25, -0.2) is 4.98 Å². The SMILES string of the molecule is CC/C=C(\C=C/CN(CC)CCOC)C1=NC#CCC(Cc2sc(N)nc2-c2cccc(C)n2)=C1. The van der Waals surface area contributed by atoms with Crippen LogP contribution in [0, 0.1) is 18.9 Å². The van der Waals surface area contributed by atoms with Crippen LogP contribution in [0.3, 0.4) is 0 Å². The highest BCUT2D eigenvalue weighted by atomic mass is 32.1. The molecule has 0 aromatic carbocycles. The highest BCUT2D eigenvalue weighted by Crippen LogP contribution is 2.31. The van der Waals surface area contributed by atoms with Crippen molar-refractivity contribution in [1.29, 1.82) is 0 Å². The normalized spacial score (nSPS) is 14.0. The molecule has 0 bridgehead atoms. The number of aliphatic imine (C=N–C) groups is 1. The molecule has 3 rings (SSSR count). The zero-order chi connectivity index (χ0) is 25.0. The molecule has 184 valence electrons. The zero-order valence-corrected chi connectivity index (χ0v) is 22.0. The van der Waals surface area contributed by atoms with Gasteiger partial charge < -0.3 is 10.5 Å². The summed E-state index contributed by atoms with van der Waals surface area (Å²) in [5.41, 5.74) is 12.0. The molecule has 0 unspecified atom stereocenters. The second-order valence-corrected chi connectivity index (χ2v) is 9.40. The summed E-state index contributed by atoms with van der Waals surface area (Å²) in [6, 6.07) is 8.95. The number of allylic oxidation sites excluding steroid dienone is 5. The van der Waals surface area contributed by atoms with Gasteiger partial charge >= 0.3 is 0 Å². The number of nitrogens with two attached hydrogens (primary N) is 1. The molecule has 0 aliphatic carbocycles. The summed E-state index contributed by atoms with van der Waals surface area (Å²) in [5, 5.41) is 0.552. The second-order valence-electron chi connectivity index (χ2n) is 8.29. The van der Waals surface area contributed by atoms with Crippen molar-refractivity contribution in [3.63, 3.8) is 0 Å². The molecule has 7 heteroatoms. The van der Waals surface area contributed by atoms with Crippen molar-refractivity contribution < 1.29 is 4.74 Å². The minimum absolute atomic E-state index is 0.552. The Morgan fingerprint density at radius 1 is 1.29 bits per heavy atom. The molecule has 2 aromatic heterocycles. The molecule has 1 aliphatic rings. The maximum absolute atomic E-state index is 6.11. The number of anilines is 1. The molecule has 6 nitrogen and oxygen atoms in total. The third-order valence-corrected chi connectivity index (χ3v) is 6.47. The number of hydrogen-bond donors (Lipinski definition) is 1. The first-order chi connectivity index (χ1) is 17.0. The summed E-state index contributed by atoms with van der Waals surface area (Å²) in [4.78, 5) is 17.3. The lowest BCUT2D eigenvalue weighted by molar-refractivity contribution is 0.157. The Hall–Kier alpha value is -3.05. The predicted octanol–water partition coefficient (Wildman–Crippen LogP) is 5.23. The molecule has 0 radical (unpaired) electrons. The van der Waals surface area contributed by atoms with Gasteiger partial charge in [0.25, 0.3) is 0 Å². The molecule has 0 saturated heterocycles. The molecule has 35 heavy (non-hydrogen) atoms. The number of thiazole rings is 1. The molecule has 0 saturated carbocycles. The van der Waals surface area contributed by atoms with Gasteiger partial charge in [0.15, 0.2) is 5.13 Å². The molecule has 0 amide bonds. The largest absolute Gasteiger partial charge is 0.383 e. The Morgan fingerprint density at radius 2 is 2.14 bits per heavy atom. The van der Waals surface area contributed by atoms with Crippen molar-refractivity contribution in [3.8, 4) is 23.4 Å². The number of ether oxygens (including phenoxy) is 1.